The number of rotatable bonds is 17. The van der Waals surface area contributed by atoms with Gasteiger partial charge in [-0.05, 0) is 46.5 Å². The number of amides is 8. The number of hydrogen-bond donors (Lipinski definition) is 9. The maximum absolute atomic E-state index is 13.2. The number of primary amides is 1. The predicted molar refractivity (Wildman–Crippen MR) is 160 cm³/mol. The summed E-state index contributed by atoms with van der Waals surface area (Å²) in [6, 6.07) is -5.79. The number of likely N-dealkylation sites (tertiary alicyclic amines) is 1. The molecule has 0 unspecified atom stereocenters. The summed E-state index contributed by atoms with van der Waals surface area (Å²) in [5.41, 5.74) is 15.6. The van der Waals surface area contributed by atoms with Crippen LogP contribution in [0.25, 0.3) is 0 Å². The van der Waals surface area contributed by atoms with Crippen molar-refractivity contribution in [3.63, 3.8) is 0 Å². The van der Waals surface area contributed by atoms with Gasteiger partial charge in [-0.3, -0.25) is 43.3 Å². The topological polar surface area (TPSA) is 302 Å². The molecular formula is C26H45N11O8. The molecule has 0 radical (unpaired) electrons. The third-order valence-electron chi connectivity index (χ3n) is 6.51. The molecule has 0 aromatic heterocycles. The fraction of sp³-hybridized carbons (Fsp3) is 0.654. The first-order valence-electron chi connectivity index (χ1n) is 15.2. The van der Waals surface area contributed by atoms with Crippen molar-refractivity contribution >= 4 is 53.2 Å². The van der Waals surface area contributed by atoms with Gasteiger partial charge in [0.05, 0.1) is 15.8 Å². The lowest BCUT2D eigenvalue weighted by Crippen LogP contribution is -2.58. The van der Waals surface area contributed by atoms with Crippen molar-refractivity contribution in [1.82, 2.24) is 36.8 Å². The van der Waals surface area contributed by atoms with E-state index in [2.05, 4.69) is 31.6 Å². The van der Waals surface area contributed by atoms with Crippen LogP contribution in [0.5, 0.6) is 0 Å². The lowest BCUT2D eigenvalue weighted by atomic mass is 10.1. The van der Waals surface area contributed by atoms with Gasteiger partial charge in [0.25, 0.3) is 0 Å². The second kappa shape index (κ2) is 18.6. The number of guanidine groups is 1. The van der Waals surface area contributed by atoms with Crippen LogP contribution in [-0.4, -0.2) is 114 Å². The lowest BCUT2D eigenvalue weighted by molar-refractivity contribution is -0.139. The first kappa shape index (κ1) is 34.5. The molecular weight excluding hydrogens is 594 g/mol. The van der Waals surface area contributed by atoms with Crippen molar-refractivity contribution in [2.75, 3.05) is 26.1 Å². The van der Waals surface area contributed by atoms with Crippen molar-refractivity contribution in [1.29, 1.82) is 0 Å². The minimum absolute atomic E-state index is 0.0572. The maximum Gasteiger partial charge on any atom is 0.243 e. The summed E-state index contributed by atoms with van der Waals surface area (Å²) < 4.78 is 14.8. The molecule has 0 aliphatic carbocycles. The molecule has 0 aromatic carbocycles. The van der Waals surface area contributed by atoms with E-state index in [0.717, 1.165) is 0 Å². The second-order valence-corrected chi connectivity index (χ2v) is 10.3. The van der Waals surface area contributed by atoms with E-state index in [1.54, 1.807) is 5.32 Å². The SMILES string of the molecule is [2H]C([2H])(NC(=O)[C@H](C)NC(=O)[C@H](C)NC(=O)[C@H](C)NC(=O)[C@H](CCCN=C(N)N)NC(=O)[C@@H]1CCCN1C(=O)CNC(C)=O)C(N)=O. The zero-order valence-corrected chi connectivity index (χ0v) is 25.7. The smallest absolute Gasteiger partial charge is 0.243 e. The first-order chi connectivity index (χ1) is 21.8. The summed E-state index contributed by atoms with van der Waals surface area (Å²) in [7, 11) is 0. The molecule has 12 N–H and O–H groups in total. The molecule has 1 rings (SSSR count). The molecule has 5 atom stereocenters. The standard InChI is InChI=1S/C26H45N11O8/c1-13(21(41)32-11-19(27)39)33-22(42)14(2)34-23(43)15(3)35-24(44)17(7-5-9-30-26(28)29)36-25(45)18-8-6-10-37(18)20(40)12-31-16(4)38/h13-15,17-18H,5-12H2,1-4H3,(H2,27,39)(H,31,38)(H,32,41)(H,33,42)(H,34,43)(H,35,44)(H,36,45)(H4,28,29,30)/t13-,14-,15-,17-,18-/m0/s1/i11D2. The van der Waals surface area contributed by atoms with Crippen LogP contribution in [0.4, 0.5) is 0 Å². The summed E-state index contributed by atoms with van der Waals surface area (Å²) in [5.74, 6) is -6.50. The van der Waals surface area contributed by atoms with E-state index in [1.807, 2.05) is 0 Å². The molecule has 1 aliphatic heterocycles. The Kier molecular flexibility index (Phi) is 14.3. The zero-order valence-electron chi connectivity index (χ0n) is 27.7. The van der Waals surface area contributed by atoms with Gasteiger partial charge in [-0.1, -0.05) is 0 Å². The summed E-state index contributed by atoms with van der Waals surface area (Å²) in [6.45, 7) is 2.37. The Morgan fingerprint density at radius 1 is 0.844 bits per heavy atom. The van der Waals surface area contributed by atoms with Gasteiger partial charge in [-0.2, -0.15) is 0 Å². The van der Waals surface area contributed by atoms with Gasteiger partial charge in [0.15, 0.2) is 5.96 Å². The summed E-state index contributed by atoms with van der Waals surface area (Å²) in [4.78, 5) is 104. The third kappa shape index (κ3) is 13.9. The quantitative estimate of drug-likeness (QED) is 0.0413. The third-order valence-corrected chi connectivity index (χ3v) is 6.51. The van der Waals surface area contributed by atoms with Crippen LogP contribution < -0.4 is 49.1 Å². The second-order valence-electron chi connectivity index (χ2n) is 10.3. The van der Waals surface area contributed by atoms with Gasteiger partial charge >= 0.3 is 0 Å². The maximum atomic E-state index is 13.2. The molecule has 45 heavy (non-hydrogen) atoms. The van der Waals surface area contributed by atoms with Crippen LogP contribution in [0.2, 0.25) is 0 Å². The predicted octanol–water partition coefficient (Wildman–Crippen LogP) is -5.23. The van der Waals surface area contributed by atoms with Crippen molar-refractivity contribution in [2.45, 2.75) is 83.6 Å². The molecule has 1 saturated heterocycles. The molecule has 19 heteroatoms. The molecule has 19 nitrogen and oxygen atoms in total. The van der Waals surface area contributed by atoms with Gasteiger partial charge < -0.3 is 54.0 Å². The number of nitrogens with zero attached hydrogens (tertiary/aromatic N) is 2. The Balaban J connectivity index is 2.86. The highest BCUT2D eigenvalue weighted by atomic mass is 16.2. The lowest BCUT2D eigenvalue weighted by Gasteiger charge is -2.27. The molecule has 0 saturated carbocycles. The van der Waals surface area contributed by atoms with E-state index in [-0.39, 0.29) is 38.4 Å². The van der Waals surface area contributed by atoms with E-state index in [9.17, 15) is 38.4 Å². The van der Waals surface area contributed by atoms with Crippen molar-refractivity contribution < 1.29 is 41.1 Å². The molecule has 0 spiro atoms. The van der Waals surface area contributed by atoms with E-state index < -0.39 is 84.0 Å². The van der Waals surface area contributed by atoms with E-state index in [1.165, 1.54) is 32.6 Å². The van der Waals surface area contributed by atoms with Crippen LogP contribution >= 0.6 is 0 Å². The van der Waals surface area contributed by atoms with Crippen LogP contribution in [0.3, 0.4) is 0 Å². The molecule has 1 aliphatic rings. The summed E-state index contributed by atoms with van der Waals surface area (Å²) in [5, 5.41) is 13.9. The number of carbonyl (C=O) groups excluding carboxylic acids is 8. The van der Waals surface area contributed by atoms with E-state index >= 15 is 0 Å². The molecule has 1 fully saturated rings. The van der Waals surface area contributed by atoms with E-state index in [0.29, 0.717) is 12.8 Å². The minimum Gasteiger partial charge on any atom is -0.370 e. The average Bonchev–Trinajstić information content (AvgIpc) is 3.47. The van der Waals surface area contributed by atoms with Crippen LogP contribution in [0.1, 0.15) is 56.1 Å². The Hall–Kier alpha value is -4.97. The Bertz CT molecular complexity index is 1250. The highest BCUT2D eigenvalue weighted by molar-refractivity contribution is 5.96. The monoisotopic (exact) mass is 641 g/mol. The van der Waals surface area contributed by atoms with E-state index in [4.69, 9.17) is 19.9 Å². The fourth-order valence-electron chi connectivity index (χ4n) is 4.10. The van der Waals surface area contributed by atoms with Crippen LogP contribution in [0.15, 0.2) is 4.99 Å². The van der Waals surface area contributed by atoms with Gasteiger partial charge in [0.2, 0.25) is 47.3 Å². The molecule has 0 aromatic rings. The fourth-order valence-corrected chi connectivity index (χ4v) is 4.10. The number of nitrogens with one attached hydrogen (secondary N) is 6. The number of carbonyl (C=O) groups is 8. The summed E-state index contributed by atoms with van der Waals surface area (Å²) >= 11 is 0. The van der Waals surface area contributed by atoms with Crippen molar-refractivity contribution in [3.05, 3.63) is 0 Å². The minimum atomic E-state index is -2.85. The highest BCUT2D eigenvalue weighted by Crippen LogP contribution is 2.18. The molecule has 8 amide bonds. The summed E-state index contributed by atoms with van der Waals surface area (Å²) in [6.07, 6.45) is 1.18. The highest BCUT2D eigenvalue weighted by Gasteiger charge is 2.36. The first-order valence-corrected chi connectivity index (χ1v) is 14.2. The number of hydrogen-bond acceptors (Lipinski definition) is 9. The van der Waals surface area contributed by atoms with Crippen LogP contribution in [-0.2, 0) is 38.4 Å². The Labute approximate surface area is 263 Å². The molecule has 1 heterocycles. The van der Waals surface area contributed by atoms with Gasteiger partial charge in [-0.15, -0.1) is 0 Å². The largest absolute Gasteiger partial charge is 0.370 e. The molecule has 252 valence electrons. The normalized spacial score (nSPS) is 17.5. The van der Waals surface area contributed by atoms with Crippen LogP contribution in [0, 0.1) is 0 Å². The number of aliphatic imine (C=N–C) groups is 1. The van der Waals surface area contributed by atoms with Crippen molar-refractivity contribution in [2.24, 2.45) is 22.2 Å². The van der Waals surface area contributed by atoms with Gasteiger partial charge in [0, 0.05) is 20.0 Å². The zero-order chi connectivity index (χ0) is 36.1. The average molecular weight is 642 g/mol. The van der Waals surface area contributed by atoms with Gasteiger partial charge in [-0.25, -0.2) is 0 Å². The Morgan fingerprint density at radius 2 is 1.40 bits per heavy atom. The number of nitrogens with two attached hydrogens (primary N) is 3. The van der Waals surface area contributed by atoms with Crippen molar-refractivity contribution in [3.8, 4) is 0 Å². The molecule has 0 bridgehead atoms. The van der Waals surface area contributed by atoms with Gasteiger partial charge in [0.1, 0.15) is 30.2 Å². The Morgan fingerprint density at radius 3 is 1.93 bits per heavy atom.